The average molecular weight is 440 g/mol. The first kappa shape index (κ1) is 22.8. The maximum Gasteiger partial charge on any atom is 0.331 e. The number of ether oxygens (including phenoxy) is 1. The topological polar surface area (TPSA) is 119 Å². The van der Waals surface area contributed by atoms with Gasteiger partial charge in [0.25, 0.3) is 0 Å². The van der Waals surface area contributed by atoms with E-state index in [9.17, 15) is 13.9 Å². The Balaban J connectivity index is 1.83. The fourth-order valence-corrected chi connectivity index (χ4v) is 2.57. The molecular weight excluding hydrogens is 418 g/mol. The molecule has 4 N–H and O–H groups in total. The SMILES string of the molecule is CC(C)(O)c1ccc(Nc2cc(OC(C=NC(F)F)=C(N)c3ccccn3)ccn2)cn1. The lowest BCUT2D eigenvalue weighted by atomic mass is 10.1. The molecule has 3 heterocycles. The van der Waals surface area contributed by atoms with Crippen LogP contribution in [0.1, 0.15) is 25.2 Å². The molecule has 32 heavy (non-hydrogen) atoms. The Morgan fingerprint density at radius 3 is 2.59 bits per heavy atom. The van der Waals surface area contributed by atoms with Crippen LogP contribution in [-0.2, 0) is 5.60 Å². The first-order chi connectivity index (χ1) is 15.2. The maximum absolute atomic E-state index is 12.6. The van der Waals surface area contributed by atoms with Crippen molar-refractivity contribution in [2.75, 3.05) is 5.32 Å². The van der Waals surface area contributed by atoms with Gasteiger partial charge in [0.15, 0.2) is 5.76 Å². The lowest BCUT2D eigenvalue weighted by molar-refractivity contribution is 0.0739. The molecular formula is C22H22F2N6O2. The molecule has 166 valence electrons. The number of aliphatic hydroxyl groups is 1. The standard InChI is InChI=1S/C22H22F2N6O2/c1-22(2,31)18-7-6-14(12-28-18)30-19-11-15(8-10-27-19)32-17(13-29-21(23)24)20(25)16-5-3-4-9-26-16/h3-13,21,31H,25H2,1-2H3,(H,27,30). The van der Waals surface area contributed by atoms with Crippen LogP contribution in [0.4, 0.5) is 20.3 Å². The highest BCUT2D eigenvalue weighted by Crippen LogP contribution is 2.23. The number of nitrogens with zero attached hydrogens (tertiary/aromatic N) is 4. The first-order valence-electron chi connectivity index (χ1n) is 9.54. The third-order valence-electron chi connectivity index (χ3n) is 4.13. The van der Waals surface area contributed by atoms with Crippen molar-refractivity contribution in [3.63, 3.8) is 0 Å². The number of hydrogen-bond donors (Lipinski definition) is 3. The molecule has 0 bridgehead atoms. The van der Waals surface area contributed by atoms with Crippen LogP contribution in [0.25, 0.3) is 5.70 Å². The minimum Gasteiger partial charge on any atom is -0.453 e. The number of allylic oxidation sites excluding steroid dienone is 1. The van der Waals surface area contributed by atoms with E-state index >= 15 is 0 Å². The van der Waals surface area contributed by atoms with Crippen LogP contribution in [0.15, 0.2) is 71.8 Å². The summed E-state index contributed by atoms with van der Waals surface area (Å²) in [6.45, 7) is 0.368. The molecule has 0 amide bonds. The van der Waals surface area contributed by atoms with Crippen LogP contribution < -0.4 is 15.8 Å². The number of halogens is 2. The molecule has 8 nitrogen and oxygen atoms in total. The summed E-state index contributed by atoms with van der Waals surface area (Å²) in [6.07, 6.45) is 5.43. The molecule has 3 aromatic heterocycles. The highest BCUT2D eigenvalue weighted by molar-refractivity contribution is 5.87. The van der Waals surface area contributed by atoms with Gasteiger partial charge in [-0.05, 0) is 44.2 Å². The summed E-state index contributed by atoms with van der Waals surface area (Å²) in [6, 6.07) is 11.6. The second-order valence-electron chi connectivity index (χ2n) is 7.14. The summed E-state index contributed by atoms with van der Waals surface area (Å²) in [5.74, 6) is 0.623. The van der Waals surface area contributed by atoms with E-state index in [1.165, 1.54) is 12.4 Å². The lowest BCUT2D eigenvalue weighted by Gasteiger charge is -2.16. The van der Waals surface area contributed by atoms with Crippen LogP contribution >= 0.6 is 0 Å². The van der Waals surface area contributed by atoms with E-state index in [-0.39, 0.29) is 17.2 Å². The molecule has 0 saturated carbocycles. The summed E-state index contributed by atoms with van der Waals surface area (Å²) in [5, 5.41) is 13.1. The van der Waals surface area contributed by atoms with Crippen molar-refractivity contribution in [1.82, 2.24) is 15.0 Å². The third kappa shape index (κ3) is 6.29. The summed E-state index contributed by atoms with van der Waals surface area (Å²) >= 11 is 0. The van der Waals surface area contributed by atoms with E-state index in [0.29, 0.717) is 22.9 Å². The fourth-order valence-electron chi connectivity index (χ4n) is 2.57. The smallest absolute Gasteiger partial charge is 0.331 e. The molecule has 0 radical (unpaired) electrons. The number of nitrogens with two attached hydrogens (primary N) is 1. The molecule has 0 aliphatic heterocycles. The molecule has 0 unspecified atom stereocenters. The van der Waals surface area contributed by atoms with E-state index in [1.807, 2.05) is 0 Å². The van der Waals surface area contributed by atoms with Crippen molar-refractivity contribution in [2.24, 2.45) is 10.7 Å². The van der Waals surface area contributed by atoms with Gasteiger partial charge in [-0.2, -0.15) is 8.78 Å². The van der Waals surface area contributed by atoms with Crippen LogP contribution in [0.3, 0.4) is 0 Å². The van der Waals surface area contributed by atoms with Gasteiger partial charge in [-0.15, -0.1) is 0 Å². The Morgan fingerprint density at radius 2 is 1.97 bits per heavy atom. The van der Waals surface area contributed by atoms with Crippen molar-refractivity contribution in [2.45, 2.75) is 26.0 Å². The monoisotopic (exact) mass is 440 g/mol. The Morgan fingerprint density at radius 1 is 1.16 bits per heavy atom. The third-order valence-corrected chi connectivity index (χ3v) is 4.13. The largest absolute Gasteiger partial charge is 0.453 e. The second-order valence-corrected chi connectivity index (χ2v) is 7.14. The zero-order valence-corrected chi connectivity index (χ0v) is 17.4. The van der Waals surface area contributed by atoms with Gasteiger partial charge in [0.05, 0.1) is 29.5 Å². The van der Waals surface area contributed by atoms with Crippen molar-refractivity contribution >= 4 is 23.4 Å². The van der Waals surface area contributed by atoms with Crippen LogP contribution in [0, 0.1) is 0 Å². The van der Waals surface area contributed by atoms with E-state index in [0.717, 1.165) is 6.21 Å². The maximum atomic E-state index is 12.6. The van der Waals surface area contributed by atoms with E-state index in [4.69, 9.17) is 10.5 Å². The van der Waals surface area contributed by atoms with Gasteiger partial charge in [0.2, 0.25) is 0 Å². The predicted molar refractivity (Wildman–Crippen MR) is 117 cm³/mol. The highest BCUT2D eigenvalue weighted by Gasteiger charge is 2.17. The minimum atomic E-state index is -2.92. The number of nitrogens with one attached hydrogen (secondary N) is 1. The molecule has 0 aliphatic rings. The Bertz CT molecular complexity index is 1100. The molecule has 0 atom stereocenters. The van der Waals surface area contributed by atoms with Crippen LogP contribution in [0.5, 0.6) is 5.75 Å². The summed E-state index contributed by atoms with van der Waals surface area (Å²) in [4.78, 5) is 15.6. The first-order valence-corrected chi connectivity index (χ1v) is 9.54. The molecule has 3 aromatic rings. The molecule has 10 heteroatoms. The molecule has 0 aliphatic carbocycles. The van der Waals surface area contributed by atoms with Gasteiger partial charge in [0.1, 0.15) is 22.9 Å². The quantitative estimate of drug-likeness (QED) is 0.277. The lowest BCUT2D eigenvalue weighted by Crippen LogP contribution is -2.17. The van der Waals surface area contributed by atoms with Crippen molar-refractivity contribution in [3.05, 3.63) is 78.2 Å². The zero-order valence-electron chi connectivity index (χ0n) is 17.4. The van der Waals surface area contributed by atoms with Gasteiger partial charge in [0, 0.05) is 18.5 Å². The number of anilines is 2. The minimum absolute atomic E-state index is 0.0488. The van der Waals surface area contributed by atoms with Gasteiger partial charge >= 0.3 is 6.55 Å². The van der Waals surface area contributed by atoms with Gasteiger partial charge in [-0.3, -0.25) is 9.97 Å². The number of aliphatic imine (C=N–C) groups is 1. The number of alkyl halides is 2. The molecule has 3 rings (SSSR count). The second kappa shape index (κ2) is 9.92. The van der Waals surface area contributed by atoms with Crippen LogP contribution in [0.2, 0.25) is 0 Å². The molecule has 0 fully saturated rings. The number of hydrogen-bond acceptors (Lipinski definition) is 8. The Kier molecular flexibility index (Phi) is 7.06. The van der Waals surface area contributed by atoms with E-state index in [1.54, 1.807) is 62.5 Å². The van der Waals surface area contributed by atoms with Crippen molar-refractivity contribution in [3.8, 4) is 5.75 Å². The molecule has 0 spiro atoms. The van der Waals surface area contributed by atoms with Crippen molar-refractivity contribution in [1.29, 1.82) is 0 Å². The van der Waals surface area contributed by atoms with E-state index in [2.05, 4.69) is 25.3 Å². The van der Waals surface area contributed by atoms with Crippen LogP contribution in [-0.4, -0.2) is 32.8 Å². The van der Waals surface area contributed by atoms with Gasteiger partial charge in [-0.25, -0.2) is 9.98 Å². The highest BCUT2D eigenvalue weighted by atomic mass is 19.3. The van der Waals surface area contributed by atoms with Crippen molar-refractivity contribution < 1.29 is 18.6 Å². The predicted octanol–water partition coefficient (Wildman–Crippen LogP) is 3.84. The number of rotatable bonds is 8. The summed E-state index contributed by atoms with van der Waals surface area (Å²) < 4.78 is 31.0. The molecule has 0 saturated heterocycles. The Labute approximate surface area is 183 Å². The van der Waals surface area contributed by atoms with E-state index < -0.39 is 12.2 Å². The number of aromatic nitrogens is 3. The molecule has 0 aromatic carbocycles. The Hall–Kier alpha value is -3.92. The summed E-state index contributed by atoms with van der Waals surface area (Å²) in [5.41, 5.74) is 6.58. The fraction of sp³-hybridized carbons (Fsp3) is 0.182. The number of pyridine rings is 3. The van der Waals surface area contributed by atoms with Gasteiger partial charge < -0.3 is 20.9 Å². The zero-order chi connectivity index (χ0) is 23.1. The normalized spacial score (nSPS) is 12.7. The average Bonchev–Trinajstić information content (AvgIpc) is 2.76. The summed E-state index contributed by atoms with van der Waals surface area (Å²) in [7, 11) is 0. The van der Waals surface area contributed by atoms with Gasteiger partial charge in [-0.1, -0.05) is 6.07 Å².